The fraction of sp³-hybridized carbons (Fsp3) is 0.308. The second kappa shape index (κ2) is 4.94. The van der Waals surface area contributed by atoms with Gasteiger partial charge < -0.3 is 11.1 Å². The molecule has 2 aromatic rings. The van der Waals surface area contributed by atoms with Gasteiger partial charge >= 0.3 is 0 Å². The Morgan fingerprint density at radius 1 is 1.39 bits per heavy atom. The molecule has 0 radical (unpaired) electrons. The van der Waals surface area contributed by atoms with Gasteiger partial charge in [-0.3, -0.25) is 0 Å². The molecule has 0 aliphatic carbocycles. The number of hydrogen-bond donors (Lipinski definition) is 2. The molecule has 18 heavy (non-hydrogen) atoms. The van der Waals surface area contributed by atoms with Gasteiger partial charge in [0.2, 0.25) is 0 Å². The minimum absolute atomic E-state index is 0.0517. The summed E-state index contributed by atoms with van der Waals surface area (Å²) in [5, 5.41) is 4.26. The van der Waals surface area contributed by atoms with Crippen LogP contribution in [0.25, 0.3) is 0 Å². The van der Waals surface area contributed by atoms with Crippen LogP contribution in [0.15, 0.2) is 18.3 Å². The van der Waals surface area contributed by atoms with E-state index in [1.807, 2.05) is 20.0 Å². The van der Waals surface area contributed by atoms with Gasteiger partial charge in [-0.2, -0.15) is 0 Å². The number of rotatable bonds is 3. The third-order valence-corrected chi connectivity index (χ3v) is 3.81. The van der Waals surface area contributed by atoms with Crippen LogP contribution in [0.3, 0.4) is 0 Å². The zero-order chi connectivity index (χ0) is 13.3. The molecular weight excluding hydrogens is 249 g/mol. The molecule has 96 valence electrons. The number of benzene rings is 1. The zero-order valence-electron chi connectivity index (χ0n) is 10.6. The lowest BCUT2D eigenvalue weighted by Gasteiger charge is -2.15. The summed E-state index contributed by atoms with van der Waals surface area (Å²) >= 11 is 1.64. The molecule has 2 rings (SSSR count). The number of anilines is 2. The number of thiazole rings is 1. The van der Waals surface area contributed by atoms with Crippen LogP contribution in [0.5, 0.6) is 0 Å². The standard InChI is InChI=1S/C13H16FN3S/c1-7-4-12(11(15)5-10(7)14)17-9(3)13-16-6-8(2)18-13/h4-6,9,17H,15H2,1-3H3. The Kier molecular flexibility index (Phi) is 3.52. The first-order valence-electron chi connectivity index (χ1n) is 5.72. The van der Waals surface area contributed by atoms with E-state index in [1.165, 1.54) is 10.9 Å². The molecule has 0 saturated carbocycles. The summed E-state index contributed by atoms with van der Waals surface area (Å²) in [6.07, 6.45) is 1.84. The summed E-state index contributed by atoms with van der Waals surface area (Å²) in [4.78, 5) is 5.49. The molecular formula is C13H16FN3S. The van der Waals surface area contributed by atoms with E-state index in [0.29, 0.717) is 11.3 Å². The third-order valence-electron chi connectivity index (χ3n) is 2.71. The van der Waals surface area contributed by atoms with Gasteiger partial charge in [-0.1, -0.05) is 0 Å². The molecule has 0 amide bonds. The van der Waals surface area contributed by atoms with Crippen LogP contribution in [0, 0.1) is 19.7 Å². The Labute approximate surface area is 110 Å². The lowest BCUT2D eigenvalue weighted by Crippen LogP contribution is -2.08. The highest BCUT2D eigenvalue weighted by molar-refractivity contribution is 7.11. The molecule has 5 heteroatoms. The van der Waals surface area contributed by atoms with Crippen molar-refractivity contribution in [2.45, 2.75) is 26.8 Å². The predicted octanol–water partition coefficient (Wildman–Crippen LogP) is 3.65. The van der Waals surface area contributed by atoms with Crippen molar-refractivity contribution in [1.29, 1.82) is 0 Å². The highest BCUT2D eigenvalue weighted by atomic mass is 32.1. The number of halogens is 1. The Morgan fingerprint density at radius 3 is 2.72 bits per heavy atom. The molecule has 1 aromatic heterocycles. The van der Waals surface area contributed by atoms with Gasteiger partial charge in [-0.25, -0.2) is 9.37 Å². The normalized spacial score (nSPS) is 12.4. The summed E-state index contributed by atoms with van der Waals surface area (Å²) in [5.74, 6) is -0.282. The Morgan fingerprint density at radius 2 is 2.11 bits per heavy atom. The van der Waals surface area contributed by atoms with E-state index in [1.54, 1.807) is 24.3 Å². The second-order valence-electron chi connectivity index (χ2n) is 4.36. The number of aryl methyl sites for hydroxylation is 2. The number of hydrogen-bond acceptors (Lipinski definition) is 4. The van der Waals surface area contributed by atoms with E-state index in [-0.39, 0.29) is 11.9 Å². The van der Waals surface area contributed by atoms with Gasteiger partial charge in [0.1, 0.15) is 10.8 Å². The molecule has 3 N–H and O–H groups in total. The highest BCUT2D eigenvalue weighted by Gasteiger charge is 2.12. The molecule has 3 nitrogen and oxygen atoms in total. The van der Waals surface area contributed by atoms with E-state index in [9.17, 15) is 4.39 Å². The van der Waals surface area contributed by atoms with E-state index in [0.717, 1.165) is 10.7 Å². The van der Waals surface area contributed by atoms with Gasteiger partial charge in [-0.05, 0) is 38.5 Å². The molecule has 0 saturated heterocycles. The Bertz CT molecular complexity index is 565. The zero-order valence-corrected chi connectivity index (χ0v) is 11.4. The lowest BCUT2D eigenvalue weighted by molar-refractivity contribution is 0.619. The van der Waals surface area contributed by atoms with Crippen molar-refractivity contribution in [2.24, 2.45) is 0 Å². The second-order valence-corrected chi connectivity index (χ2v) is 5.63. The van der Waals surface area contributed by atoms with Crippen LogP contribution in [-0.2, 0) is 0 Å². The van der Waals surface area contributed by atoms with Crippen molar-refractivity contribution in [3.05, 3.63) is 39.6 Å². The SMILES string of the molecule is Cc1cnc(C(C)Nc2cc(C)c(F)cc2N)s1. The van der Waals surface area contributed by atoms with E-state index in [4.69, 9.17) is 5.73 Å². The monoisotopic (exact) mass is 265 g/mol. The summed E-state index contributed by atoms with van der Waals surface area (Å²) in [6.45, 7) is 5.75. The molecule has 1 unspecified atom stereocenters. The molecule has 1 heterocycles. The smallest absolute Gasteiger partial charge is 0.128 e. The van der Waals surface area contributed by atoms with Gasteiger partial charge in [0.05, 0.1) is 17.4 Å². The molecule has 1 atom stereocenters. The van der Waals surface area contributed by atoms with Gasteiger partial charge in [-0.15, -0.1) is 11.3 Å². The lowest BCUT2D eigenvalue weighted by atomic mass is 10.1. The first-order chi connectivity index (χ1) is 8.47. The molecule has 0 aliphatic heterocycles. The van der Waals surface area contributed by atoms with Crippen molar-refractivity contribution < 1.29 is 4.39 Å². The molecule has 0 bridgehead atoms. The first kappa shape index (κ1) is 12.8. The Balaban J connectivity index is 2.21. The average molecular weight is 265 g/mol. The minimum Gasteiger partial charge on any atom is -0.397 e. The van der Waals surface area contributed by atoms with E-state index in [2.05, 4.69) is 10.3 Å². The molecule has 1 aromatic carbocycles. The summed E-state index contributed by atoms with van der Waals surface area (Å²) < 4.78 is 13.3. The van der Waals surface area contributed by atoms with Crippen molar-refractivity contribution in [2.75, 3.05) is 11.1 Å². The quantitative estimate of drug-likeness (QED) is 0.833. The number of nitrogens with one attached hydrogen (secondary N) is 1. The maximum atomic E-state index is 13.3. The van der Waals surface area contributed by atoms with Gasteiger partial charge in [0.25, 0.3) is 0 Å². The number of aromatic nitrogens is 1. The maximum absolute atomic E-state index is 13.3. The predicted molar refractivity (Wildman–Crippen MR) is 74.4 cm³/mol. The first-order valence-corrected chi connectivity index (χ1v) is 6.53. The average Bonchev–Trinajstić information content (AvgIpc) is 2.73. The number of nitrogen functional groups attached to an aromatic ring is 1. The summed E-state index contributed by atoms with van der Waals surface area (Å²) in [6, 6.07) is 3.12. The van der Waals surface area contributed by atoms with Gasteiger partial charge in [0.15, 0.2) is 0 Å². The van der Waals surface area contributed by atoms with E-state index < -0.39 is 0 Å². The fourth-order valence-electron chi connectivity index (χ4n) is 1.69. The van der Waals surface area contributed by atoms with Crippen molar-refractivity contribution in [3.8, 4) is 0 Å². The van der Waals surface area contributed by atoms with Crippen LogP contribution in [0.1, 0.15) is 28.4 Å². The topological polar surface area (TPSA) is 50.9 Å². The van der Waals surface area contributed by atoms with Crippen molar-refractivity contribution in [1.82, 2.24) is 4.98 Å². The van der Waals surface area contributed by atoms with Crippen LogP contribution in [-0.4, -0.2) is 4.98 Å². The van der Waals surface area contributed by atoms with Gasteiger partial charge in [0, 0.05) is 11.1 Å². The highest BCUT2D eigenvalue weighted by Crippen LogP contribution is 2.28. The number of nitrogens with zero attached hydrogens (tertiary/aromatic N) is 1. The molecule has 0 fully saturated rings. The third kappa shape index (κ3) is 2.61. The fourth-order valence-corrected chi connectivity index (χ4v) is 2.47. The number of nitrogens with two attached hydrogens (primary N) is 1. The van der Waals surface area contributed by atoms with E-state index >= 15 is 0 Å². The van der Waals surface area contributed by atoms with Crippen LogP contribution in [0.2, 0.25) is 0 Å². The summed E-state index contributed by atoms with van der Waals surface area (Å²) in [7, 11) is 0. The molecule has 0 spiro atoms. The Hall–Kier alpha value is -1.62. The molecule has 0 aliphatic rings. The van der Waals surface area contributed by atoms with Crippen LogP contribution in [0.4, 0.5) is 15.8 Å². The van der Waals surface area contributed by atoms with Crippen molar-refractivity contribution in [3.63, 3.8) is 0 Å². The van der Waals surface area contributed by atoms with Crippen molar-refractivity contribution >= 4 is 22.7 Å². The largest absolute Gasteiger partial charge is 0.397 e. The van der Waals surface area contributed by atoms with Crippen LogP contribution >= 0.6 is 11.3 Å². The van der Waals surface area contributed by atoms with Crippen LogP contribution < -0.4 is 11.1 Å². The summed E-state index contributed by atoms with van der Waals surface area (Å²) in [5.41, 5.74) is 7.54. The maximum Gasteiger partial charge on any atom is 0.128 e. The minimum atomic E-state index is -0.282.